The predicted octanol–water partition coefficient (Wildman–Crippen LogP) is 4.49. The van der Waals surface area contributed by atoms with Gasteiger partial charge in [-0.1, -0.05) is 18.2 Å². The van der Waals surface area contributed by atoms with E-state index in [2.05, 4.69) is 10.5 Å². The van der Waals surface area contributed by atoms with E-state index in [1.165, 1.54) is 17.4 Å². The monoisotopic (exact) mass is 270 g/mol. The third-order valence-corrected chi connectivity index (χ3v) is 3.59. The Hall–Kier alpha value is -2.20. The first-order chi connectivity index (χ1) is 9.33. The lowest BCUT2D eigenvalue weighted by atomic mass is 10.2. The van der Waals surface area contributed by atoms with Gasteiger partial charge in [-0.2, -0.15) is 5.10 Å². The number of nitrogens with zero attached hydrogens (tertiary/aromatic N) is 1. The Balaban J connectivity index is 1.81. The molecule has 0 amide bonds. The average molecular weight is 270 g/mol. The molecule has 0 bridgehead atoms. The van der Waals surface area contributed by atoms with Crippen LogP contribution in [0.15, 0.2) is 59.0 Å². The summed E-state index contributed by atoms with van der Waals surface area (Å²) in [5, 5.41) is 6.66. The molecule has 94 valence electrons. The quantitative estimate of drug-likeness (QED) is 0.550. The lowest BCUT2D eigenvalue weighted by Gasteiger charge is -1.99. The maximum absolute atomic E-state index is 13.8. The molecule has 0 aliphatic rings. The number of nitrogens with one attached hydrogen (secondary N) is 1. The second-order valence-corrected chi connectivity index (χ2v) is 5.02. The molecule has 2 aromatic carbocycles. The molecule has 19 heavy (non-hydrogen) atoms. The van der Waals surface area contributed by atoms with Crippen molar-refractivity contribution in [3.63, 3.8) is 0 Å². The van der Waals surface area contributed by atoms with Crippen molar-refractivity contribution >= 4 is 33.3 Å². The number of hydrogen-bond acceptors (Lipinski definition) is 3. The molecule has 0 radical (unpaired) electrons. The molecule has 3 aromatic rings. The van der Waals surface area contributed by atoms with Gasteiger partial charge in [0.2, 0.25) is 0 Å². The summed E-state index contributed by atoms with van der Waals surface area (Å²) >= 11 is 1.52. The molecule has 0 spiro atoms. The van der Waals surface area contributed by atoms with Crippen LogP contribution in [0.5, 0.6) is 0 Å². The van der Waals surface area contributed by atoms with Crippen LogP contribution in [0.25, 0.3) is 10.1 Å². The van der Waals surface area contributed by atoms with Crippen molar-refractivity contribution in [1.82, 2.24) is 0 Å². The fraction of sp³-hybridized carbons (Fsp3) is 0. The molecule has 0 saturated heterocycles. The van der Waals surface area contributed by atoms with Crippen LogP contribution in [0, 0.1) is 5.82 Å². The minimum Gasteiger partial charge on any atom is -0.279 e. The standard InChI is InChI=1S/C15H11FN2S/c16-14-8-11(9-15-13(14)6-7-19-15)10-17-18-12-4-2-1-3-5-12/h1-10,18H. The first-order valence-electron chi connectivity index (χ1n) is 5.84. The summed E-state index contributed by atoms with van der Waals surface area (Å²) in [5.41, 5.74) is 4.55. The second-order valence-electron chi connectivity index (χ2n) is 4.07. The van der Waals surface area contributed by atoms with Crippen molar-refractivity contribution in [1.29, 1.82) is 0 Å². The highest BCUT2D eigenvalue weighted by molar-refractivity contribution is 7.17. The lowest BCUT2D eigenvalue weighted by Crippen LogP contribution is -1.90. The molecular formula is C15H11FN2S. The maximum Gasteiger partial charge on any atom is 0.132 e. The molecule has 1 N–H and O–H groups in total. The Bertz CT molecular complexity index is 719. The Morgan fingerprint density at radius 2 is 1.95 bits per heavy atom. The van der Waals surface area contributed by atoms with Gasteiger partial charge < -0.3 is 0 Å². The van der Waals surface area contributed by atoms with Gasteiger partial charge >= 0.3 is 0 Å². The van der Waals surface area contributed by atoms with E-state index in [1.807, 2.05) is 41.8 Å². The number of benzene rings is 2. The van der Waals surface area contributed by atoms with E-state index in [0.717, 1.165) is 16.0 Å². The zero-order valence-electron chi connectivity index (χ0n) is 10.0. The molecule has 0 fully saturated rings. The number of anilines is 1. The van der Waals surface area contributed by atoms with Gasteiger partial charge in [-0.15, -0.1) is 11.3 Å². The minimum absolute atomic E-state index is 0.208. The van der Waals surface area contributed by atoms with Crippen LogP contribution in [-0.2, 0) is 0 Å². The second kappa shape index (κ2) is 5.20. The zero-order valence-corrected chi connectivity index (χ0v) is 10.8. The van der Waals surface area contributed by atoms with Crippen LogP contribution in [0.3, 0.4) is 0 Å². The zero-order chi connectivity index (χ0) is 13.1. The highest BCUT2D eigenvalue weighted by atomic mass is 32.1. The van der Waals surface area contributed by atoms with E-state index >= 15 is 0 Å². The lowest BCUT2D eigenvalue weighted by molar-refractivity contribution is 0.640. The molecule has 0 atom stereocenters. The van der Waals surface area contributed by atoms with Crippen molar-refractivity contribution < 1.29 is 4.39 Å². The minimum atomic E-state index is -0.208. The van der Waals surface area contributed by atoms with Gasteiger partial charge in [-0.05, 0) is 41.3 Å². The van der Waals surface area contributed by atoms with Gasteiger partial charge in [0.1, 0.15) is 5.82 Å². The topological polar surface area (TPSA) is 24.4 Å². The van der Waals surface area contributed by atoms with Crippen molar-refractivity contribution in [2.24, 2.45) is 5.10 Å². The number of thiophene rings is 1. The largest absolute Gasteiger partial charge is 0.279 e. The summed E-state index contributed by atoms with van der Waals surface area (Å²) in [6.45, 7) is 0. The SMILES string of the molecule is Fc1cc(C=NNc2ccccc2)cc2sccc12. The van der Waals surface area contributed by atoms with Crippen LogP contribution in [0.1, 0.15) is 5.56 Å². The fourth-order valence-corrected chi connectivity index (χ4v) is 2.66. The number of para-hydroxylation sites is 1. The molecular weight excluding hydrogens is 259 g/mol. The third kappa shape index (κ3) is 2.63. The van der Waals surface area contributed by atoms with Crippen LogP contribution >= 0.6 is 11.3 Å². The van der Waals surface area contributed by atoms with Crippen LogP contribution in [0.2, 0.25) is 0 Å². The molecule has 4 heteroatoms. The fourth-order valence-electron chi connectivity index (χ4n) is 1.82. The van der Waals surface area contributed by atoms with Gasteiger partial charge in [-0.25, -0.2) is 4.39 Å². The Morgan fingerprint density at radius 1 is 1.11 bits per heavy atom. The summed E-state index contributed by atoms with van der Waals surface area (Å²) in [4.78, 5) is 0. The Kier molecular flexibility index (Phi) is 3.25. The van der Waals surface area contributed by atoms with Crippen molar-refractivity contribution in [3.05, 3.63) is 65.3 Å². The number of rotatable bonds is 3. The summed E-state index contributed by atoms with van der Waals surface area (Å²) < 4.78 is 14.7. The molecule has 2 nitrogen and oxygen atoms in total. The third-order valence-electron chi connectivity index (χ3n) is 2.72. The molecule has 1 heterocycles. The van der Waals surface area contributed by atoms with Gasteiger partial charge in [0.25, 0.3) is 0 Å². The highest BCUT2D eigenvalue weighted by Crippen LogP contribution is 2.24. The normalized spacial score (nSPS) is 11.2. The highest BCUT2D eigenvalue weighted by Gasteiger charge is 2.03. The van der Waals surface area contributed by atoms with Crippen LogP contribution in [0.4, 0.5) is 10.1 Å². The van der Waals surface area contributed by atoms with Gasteiger partial charge in [0.15, 0.2) is 0 Å². The van der Waals surface area contributed by atoms with Crippen molar-refractivity contribution in [3.8, 4) is 0 Å². The number of hydrazone groups is 1. The molecule has 0 aliphatic carbocycles. The smallest absolute Gasteiger partial charge is 0.132 e. The van der Waals surface area contributed by atoms with Gasteiger partial charge in [0.05, 0.1) is 11.9 Å². The predicted molar refractivity (Wildman–Crippen MR) is 79.4 cm³/mol. The Morgan fingerprint density at radius 3 is 2.79 bits per heavy atom. The number of hydrogen-bond donors (Lipinski definition) is 1. The molecule has 1 aromatic heterocycles. The molecule has 0 aliphatic heterocycles. The van der Waals surface area contributed by atoms with E-state index < -0.39 is 0 Å². The first-order valence-corrected chi connectivity index (χ1v) is 6.72. The average Bonchev–Trinajstić information content (AvgIpc) is 2.89. The summed E-state index contributed by atoms with van der Waals surface area (Å²) in [6, 6.07) is 14.8. The molecule has 0 unspecified atom stereocenters. The van der Waals surface area contributed by atoms with E-state index in [4.69, 9.17) is 0 Å². The summed E-state index contributed by atoms with van der Waals surface area (Å²) in [5.74, 6) is -0.208. The van der Waals surface area contributed by atoms with E-state index in [0.29, 0.717) is 5.39 Å². The van der Waals surface area contributed by atoms with Gasteiger partial charge in [-0.3, -0.25) is 5.43 Å². The Labute approximate surface area is 114 Å². The van der Waals surface area contributed by atoms with Crippen LogP contribution < -0.4 is 5.43 Å². The van der Waals surface area contributed by atoms with E-state index in [-0.39, 0.29) is 5.82 Å². The van der Waals surface area contributed by atoms with E-state index in [9.17, 15) is 4.39 Å². The molecule has 0 saturated carbocycles. The number of halogens is 1. The van der Waals surface area contributed by atoms with E-state index in [1.54, 1.807) is 12.3 Å². The van der Waals surface area contributed by atoms with Crippen molar-refractivity contribution in [2.75, 3.05) is 5.43 Å². The number of fused-ring (bicyclic) bond motifs is 1. The first kappa shape index (κ1) is 11.9. The summed E-state index contributed by atoms with van der Waals surface area (Å²) in [6.07, 6.45) is 1.62. The van der Waals surface area contributed by atoms with Crippen LogP contribution in [-0.4, -0.2) is 6.21 Å². The molecule has 3 rings (SSSR count). The van der Waals surface area contributed by atoms with Crippen molar-refractivity contribution in [2.45, 2.75) is 0 Å². The summed E-state index contributed by atoms with van der Waals surface area (Å²) in [7, 11) is 0. The van der Waals surface area contributed by atoms with Gasteiger partial charge in [0, 0.05) is 10.1 Å². The maximum atomic E-state index is 13.8.